The van der Waals surface area contributed by atoms with Crippen LogP contribution in [0.3, 0.4) is 0 Å². The number of rotatable bonds is 5. The molecule has 1 heterocycles. The lowest BCUT2D eigenvalue weighted by atomic mass is 9.88. The molecule has 1 saturated heterocycles. The van der Waals surface area contributed by atoms with Crippen LogP contribution < -0.4 is 5.32 Å². The van der Waals surface area contributed by atoms with Crippen molar-refractivity contribution in [3.8, 4) is 0 Å². The molecule has 1 aliphatic heterocycles. The SMILES string of the molecule is CCOC1CC(NC(C)C(=O)N2CCCCCC2)C1. The molecule has 1 N–H and O–H groups in total. The fraction of sp³-hybridized carbons (Fsp3) is 0.933. The molecule has 0 bridgehead atoms. The Hall–Kier alpha value is -0.610. The molecule has 1 saturated carbocycles. The Kier molecular flexibility index (Phi) is 5.64. The van der Waals surface area contributed by atoms with Gasteiger partial charge in [-0.25, -0.2) is 0 Å². The fourth-order valence-corrected chi connectivity index (χ4v) is 3.06. The van der Waals surface area contributed by atoms with Crippen molar-refractivity contribution in [1.82, 2.24) is 10.2 Å². The van der Waals surface area contributed by atoms with Crippen molar-refractivity contribution in [2.45, 2.75) is 70.6 Å². The van der Waals surface area contributed by atoms with Crippen molar-refractivity contribution in [2.24, 2.45) is 0 Å². The van der Waals surface area contributed by atoms with E-state index in [0.29, 0.717) is 12.1 Å². The molecule has 0 radical (unpaired) electrons. The van der Waals surface area contributed by atoms with Crippen LogP contribution in [-0.2, 0) is 9.53 Å². The Labute approximate surface area is 116 Å². The summed E-state index contributed by atoms with van der Waals surface area (Å²) >= 11 is 0. The average Bonchev–Trinajstić information content (AvgIpc) is 2.64. The smallest absolute Gasteiger partial charge is 0.239 e. The van der Waals surface area contributed by atoms with Gasteiger partial charge in [-0.3, -0.25) is 4.79 Å². The van der Waals surface area contributed by atoms with Crippen LogP contribution in [0.1, 0.15) is 52.4 Å². The number of hydrogen-bond acceptors (Lipinski definition) is 3. The summed E-state index contributed by atoms with van der Waals surface area (Å²) in [5, 5.41) is 3.45. The average molecular weight is 268 g/mol. The first-order valence-electron chi connectivity index (χ1n) is 7.87. The van der Waals surface area contributed by atoms with Gasteiger partial charge in [-0.1, -0.05) is 12.8 Å². The van der Waals surface area contributed by atoms with Crippen LogP contribution in [0.15, 0.2) is 0 Å². The summed E-state index contributed by atoms with van der Waals surface area (Å²) in [6, 6.07) is 0.410. The van der Waals surface area contributed by atoms with Crippen LogP contribution in [-0.4, -0.2) is 48.7 Å². The maximum Gasteiger partial charge on any atom is 0.239 e. The summed E-state index contributed by atoms with van der Waals surface area (Å²) in [5.41, 5.74) is 0. The van der Waals surface area contributed by atoms with Gasteiger partial charge in [0, 0.05) is 25.7 Å². The first-order valence-corrected chi connectivity index (χ1v) is 7.87. The second-order valence-corrected chi connectivity index (χ2v) is 5.87. The number of carbonyl (C=O) groups is 1. The highest BCUT2D eigenvalue weighted by atomic mass is 16.5. The van der Waals surface area contributed by atoms with E-state index in [1.165, 1.54) is 12.8 Å². The summed E-state index contributed by atoms with van der Waals surface area (Å²) in [6.07, 6.45) is 7.36. The van der Waals surface area contributed by atoms with E-state index in [4.69, 9.17) is 4.74 Å². The number of carbonyl (C=O) groups excluding carboxylic acids is 1. The molecule has 110 valence electrons. The van der Waals surface area contributed by atoms with Crippen molar-refractivity contribution in [3.63, 3.8) is 0 Å². The predicted octanol–water partition coefficient (Wildman–Crippen LogP) is 1.93. The van der Waals surface area contributed by atoms with Gasteiger partial charge >= 0.3 is 0 Å². The van der Waals surface area contributed by atoms with Crippen LogP contribution in [0.2, 0.25) is 0 Å². The number of nitrogens with zero attached hydrogens (tertiary/aromatic N) is 1. The molecular weight excluding hydrogens is 240 g/mol. The predicted molar refractivity (Wildman–Crippen MR) is 76.1 cm³/mol. The highest BCUT2D eigenvalue weighted by Gasteiger charge is 2.32. The third-order valence-electron chi connectivity index (χ3n) is 4.27. The molecule has 1 unspecified atom stereocenters. The van der Waals surface area contributed by atoms with E-state index in [1.54, 1.807) is 0 Å². The fourth-order valence-electron chi connectivity index (χ4n) is 3.06. The van der Waals surface area contributed by atoms with E-state index in [9.17, 15) is 4.79 Å². The summed E-state index contributed by atoms with van der Waals surface area (Å²) in [7, 11) is 0. The molecule has 0 aromatic carbocycles. The molecule has 1 amide bonds. The first-order chi connectivity index (χ1) is 9.20. The van der Waals surface area contributed by atoms with Gasteiger partial charge in [-0.2, -0.15) is 0 Å². The Morgan fingerprint density at radius 1 is 1.26 bits per heavy atom. The van der Waals surface area contributed by atoms with E-state index in [0.717, 1.165) is 45.4 Å². The van der Waals surface area contributed by atoms with Crippen LogP contribution in [0, 0.1) is 0 Å². The van der Waals surface area contributed by atoms with Crippen molar-refractivity contribution in [3.05, 3.63) is 0 Å². The monoisotopic (exact) mass is 268 g/mol. The Morgan fingerprint density at radius 2 is 1.89 bits per heavy atom. The zero-order valence-corrected chi connectivity index (χ0v) is 12.4. The minimum atomic E-state index is -0.0503. The molecule has 1 aliphatic carbocycles. The van der Waals surface area contributed by atoms with Gasteiger partial charge in [-0.05, 0) is 39.5 Å². The van der Waals surface area contributed by atoms with Gasteiger partial charge in [0.05, 0.1) is 12.1 Å². The normalized spacial score (nSPS) is 29.5. The lowest BCUT2D eigenvalue weighted by Gasteiger charge is -2.37. The molecular formula is C15H28N2O2. The number of ether oxygens (including phenoxy) is 1. The van der Waals surface area contributed by atoms with Crippen LogP contribution in [0.4, 0.5) is 0 Å². The highest BCUT2D eigenvalue weighted by Crippen LogP contribution is 2.23. The Balaban J connectivity index is 1.70. The molecule has 2 fully saturated rings. The van der Waals surface area contributed by atoms with E-state index in [1.807, 2.05) is 18.7 Å². The van der Waals surface area contributed by atoms with Gasteiger partial charge in [-0.15, -0.1) is 0 Å². The largest absolute Gasteiger partial charge is 0.378 e. The quantitative estimate of drug-likeness (QED) is 0.828. The minimum Gasteiger partial charge on any atom is -0.378 e. The minimum absolute atomic E-state index is 0.0503. The maximum atomic E-state index is 12.4. The summed E-state index contributed by atoms with van der Waals surface area (Å²) in [6.45, 7) is 6.71. The molecule has 4 nitrogen and oxygen atoms in total. The maximum absolute atomic E-state index is 12.4. The van der Waals surface area contributed by atoms with E-state index < -0.39 is 0 Å². The zero-order valence-electron chi connectivity index (χ0n) is 12.4. The van der Waals surface area contributed by atoms with Crippen LogP contribution >= 0.6 is 0 Å². The zero-order chi connectivity index (χ0) is 13.7. The van der Waals surface area contributed by atoms with Crippen LogP contribution in [0.25, 0.3) is 0 Å². The van der Waals surface area contributed by atoms with E-state index in [2.05, 4.69) is 5.32 Å². The molecule has 0 aromatic heterocycles. The van der Waals surface area contributed by atoms with Gasteiger partial charge in [0.25, 0.3) is 0 Å². The number of nitrogens with one attached hydrogen (secondary N) is 1. The number of amides is 1. The summed E-state index contributed by atoms with van der Waals surface area (Å²) in [5.74, 6) is 0.279. The second kappa shape index (κ2) is 7.25. The van der Waals surface area contributed by atoms with Crippen LogP contribution in [0.5, 0.6) is 0 Å². The Bertz CT molecular complexity index is 282. The number of likely N-dealkylation sites (tertiary alicyclic amines) is 1. The third-order valence-corrected chi connectivity index (χ3v) is 4.27. The molecule has 0 spiro atoms. The van der Waals surface area contributed by atoms with Gasteiger partial charge in [0.15, 0.2) is 0 Å². The standard InChI is InChI=1S/C15H28N2O2/c1-3-19-14-10-13(11-14)16-12(2)15(18)17-8-6-4-5-7-9-17/h12-14,16H,3-11H2,1-2H3. The number of hydrogen-bond donors (Lipinski definition) is 1. The summed E-state index contributed by atoms with van der Waals surface area (Å²) in [4.78, 5) is 14.4. The van der Waals surface area contributed by atoms with Gasteiger partial charge < -0.3 is 15.0 Å². The van der Waals surface area contributed by atoms with Crippen molar-refractivity contribution in [2.75, 3.05) is 19.7 Å². The van der Waals surface area contributed by atoms with E-state index in [-0.39, 0.29) is 11.9 Å². The Morgan fingerprint density at radius 3 is 2.47 bits per heavy atom. The van der Waals surface area contributed by atoms with Crippen molar-refractivity contribution in [1.29, 1.82) is 0 Å². The third kappa shape index (κ3) is 4.18. The molecule has 0 aromatic rings. The van der Waals surface area contributed by atoms with E-state index >= 15 is 0 Å². The second-order valence-electron chi connectivity index (χ2n) is 5.87. The van der Waals surface area contributed by atoms with Gasteiger partial charge in [0.1, 0.15) is 0 Å². The molecule has 19 heavy (non-hydrogen) atoms. The first kappa shape index (κ1) is 14.8. The lowest BCUT2D eigenvalue weighted by molar-refractivity contribution is -0.133. The van der Waals surface area contributed by atoms with Crippen molar-refractivity contribution < 1.29 is 9.53 Å². The topological polar surface area (TPSA) is 41.6 Å². The molecule has 4 heteroatoms. The van der Waals surface area contributed by atoms with Gasteiger partial charge in [0.2, 0.25) is 5.91 Å². The molecule has 1 atom stereocenters. The lowest BCUT2D eigenvalue weighted by Crippen LogP contribution is -2.54. The molecule has 2 rings (SSSR count). The molecule has 2 aliphatic rings. The summed E-state index contributed by atoms with van der Waals surface area (Å²) < 4.78 is 5.55. The van der Waals surface area contributed by atoms with Crippen molar-refractivity contribution >= 4 is 5.91 Å². The highest BCUT2D eigenvalue weighted by molar-refractivity contribution is 5.81.